The van der Waals surface area contributed by atoms with Gasteiger partial charge in [-0.2, -0.15) is 0 Å². The number of unbranched alkanes of at least 4 members (excludes halogenated alkanes) is 1. The SMILES string of the molecule is CC(C)(C)OC(=O)CC[C@H](NC(=O)NC(CCCCNC(=O)[C@H](Cc1ccc2ccccc2c1)NC(=O)C1CCC(CN)CC1)C(=O)O)C(=O)OC(C)(C)C. The highest BCUT2D eigenvalue weighted by molar-refractivity contribution is 5.89. The molecule has 4 amide bonds. The molecule has 0 heterocycles. The van der Waals surface area contributed by atoms with Crippen molar-refractivity contribution in [3.05, 3.63) is 48.0 Å². The minimum absolute atomic E-state index is 0.0381. The molecule has 55 heavy (non-hydrogen) atoms. The number of carbonyl (C=O) groups is 6. The molecular formula is C41H61N5O9. The smallest absolute Gasteiger partial charge is 0.329 e. The molecule has 0 aliphatic heterocycles. The quantitative estimate of drug-likeness (QED) is 0.0923. The summed E-state index contributed by atoms with van der Waals surface area (Å²) < 4.78 is 10.7. The number of rotatable bonds is 18. The van der Waals surface area contributed by atoms with Gasteiger partial charge in [-0.1, -0.05) is 42.5 Å². The van der Waals surface area contributed by atoms with E-state index in [0.717, 1.165) is 42.0 Å². The minimum Gasteiger partial charge on any atom is -0.480 e. The summed E-state index contributed by atoms with van der Waals surface area (Å²) in [6, 6.07) is 9.61. The lowest BCUT2D eigenvalue weighted by Crippen LogP contribution is -2.52. The Balaban J connectivity index is 1.56. The summed E-state index contributed by atoms with van der Waals surface area (Å²) in [5.41, 5.74) is 5.13. The standard InChI is InChI=1S/C41H61N5O9/c1-40(2,3)54-34(47)21-20-32(38(52)55-41(4,5)6)46-39(53)45-31(37(50)51)13-9-10-22-43-36(49)33(44-35(48)29-18-14-26(25-42)15-19-29)24-27-16-17-28-11-7-8-12-30(28)23-27/h7-8,11-12,16-17,23,26,29,31-33H,9-10,13-15,18-22,24-25,42H2,1-6H3,(H,43,49)(H,44,48)(H,50,51)(H2,45,46,53)/t26?,29?,31?,32-,33-/m0/s1. The zero-order valence-corrected chi connectivity index (χ0v) is 33.2. The number of esters is 2. The maximum Gasteiger partial charge on any atom is 0.329 e. The summed E-state index contributed by atoms with van der Waals surface area (Å²) in [7, 11) is 0. The number of carboxylic acids is 1. The molecule has 0 radical (unpaired) electrons. The first-order valence-electron chi connectivity index (χ1n) is 19.3. The average Bonchev–Trinajstić information content (AvgIpc) is 3.10. The average molecular weight is 768 g/mol. The van der Waals surface area contributed by atoms with Crippen molar-refractivity contribution in [3.8, 4) is 0 Å². The van der Waals surface area contributed by atoms with Gasteiger partial charge in [-0.25, -0.2) is 14.4 Å². The molecule has 14 nitrogen and oxygen atoms in total. The highest BCUT2D eigenvalue weighted by Crippen LogP contribution is 2.28. The predicted molar refractivity (Wildman–Crippen MR) is 209 cm³/mol. The van der Waals surface area contributed by atoms with E-state index in [1.54, 1.807) is 41.5 Å². The van der Waals surface area contributed by atoms with E-state index in [4.69, 9.17) is 15.2 Å². The fourth-order valence-corrected chi connectivity index (χ4v) is 6.46. The summed E-state index contributed by atoms with van der Waals surface area (Å²) >= 11 is 0. The first-order valence-corrected chi connectivity index (χ1v) is 19.3. The number of nitrogens with two attached hydrogens (primary N) is 1. The van der Waals surface area contributed by atoms with E-state index in [0.29, 0.717) is 31.7 Å². The number of aliphatic carboxylic acids is 1. The van der Waals surface area contributed by atoms with Crippen LogP contribution in [0.5, 0.6) is 0 Å². The number of carboxylic acid groups (broad SMARTS) is 1. The molecule has 1 saturated carbocycles. The van der Waals surface area contributed by atoms with Crippen LogP contribution in [0.1, 0.15) is 105 Å². The Morgan fingerprint density at radius 2 is 1.42 bits per heavy atom. The van der Waals surface area contributed by atoms with Gasteiger partial charge in [-0.15, -0.1) is 0 Å². The van der Waals surface area contributed by atoms with Gasteiger partial charge in [0.1, 0.15) is 29.3 Å². The zero-order chi connectivity index (χ0) is 40.8. The summed E-state index contributed by atoms with van der Waals surface area (Å²) in [6.07, 6.45) is 3.96. The number of urea groups is 1. The Kier molecular flexibility index (Phi) is 16.9. The second kappa shape index (κ2) is 20.8. The van der Waals surface area contributed by atoms with E-state index in [-0.39, 0.29) is 43.5 Å². The van der Waals surface area contributed by atoms with E-state index in [2.05, 4.69) is 21.3 Å². The number of benzene rings is 2. The second-order valence-electron chi connectivity index (χ2n) is 16.4. The molecule has 0 saturated heterocycles. The van der Waals surface area contributed by atoms with Crippen LogP contribution in [0.2, 0.25) is 0 Å². The van der Waals surface area contributed by atoms with E-state index in [1.807, 2.05) is 42.5 Å². The second-order valence-corrected chi connectivity index (χ2v) is 16.4. The lowest BCUT2D eigenvalue weighted by atomic mass is 9.81. The van der Waals surface area contributed by atoms with Crippen LogP contribution in [0.15, 0.2) is 42.5 Å². The van der Waals surface area contributed by atoms with Gasteiger partial charge in [0.25, 0.3) is 0 Å². The number of fused-ring (bicyclic) bond motifs is 1. The van der Waals surface area contributed by atoms with E-state index < -0.39 is 53.3 Å². The highest BCUT2D eigenvalue weighted by Gasteiger charge is 2.31. The van der Waals surface area contributed by atoms with Crippen LogP contribution >= 0.6 is 0 Å². The fraction of sp³-hybridized carbons (Fsp3) is 0.610. The Hall–Kier alpha value is -4.72. The van der Waals surface area contributed by atoms with Crippen LogP contribution in [0.25, 0.3) is 10.8 Å². The Labute approximate surface area is 324 Å². The molecule has 304 valence electrons. The minimum atomic E-state index is -1.30. The van der Waals surface area contributed by atoms with Crippen molar-refractivity contribution in [2.75, 3.05) is 13.1 Å². The molecule has 7 N–H and O–H groups in total. The van der Waals surface area contributed by atoms with Crippen LogP contribution in [0.4, 0.5) is 4.79 Å². The highest BCUT2D eigenvalue weighted by atomic mass is 16.6. The fourth-order valence-electron chi connectivity index (χ4n) is 6.46. The topological polar surface area (TPSA) is 215 Å². The molecule has 14 heteroatoms. The number of hydrogen-bond donors (Lipinski definition) is 6. The van der Waals surface area contributed by atoms with Crippen molar-refractivity contribution < 1.29 is 43.3 Å². The molecule has 2 aromatic rings. The van der Waals surface area contributed by atoms with E-state index >= 15 is 0 Å². The van der Waals surface area contributed by atoms with Crippen molar-refractivity contribution in [2.45, 2.75) is 135 Å². The predicted octanol–water partition coefficient (Wildman–Crippen LogP) is 4.50. The van der Waals surface area contributed by atoms with Gasteiger partial charge < -0.3 is 41.6 Å². The zero-order valence-electron chi connectivity index (χ0n) is 33.2. The van der Waals surface area contributed by atoms with Gasteiger partial charge in [0.15, 0.2) is 0 Å². The number of ether oxygens (including phenoxy) is 2. The third-order valence-corrected chi connectivity index (χ3v) is 9.31. The lowest BCUT2D eigenvalue weighted by Gasteiger charge is -2.28. The largest absolute Gasteiger partial charge is 0.480 e. The summed E-state index contributed by atoms with van der Waals surface area (Å²) in [6.45, 7) is 10.9. The molecular weight excluding hydrogens is 706 g/mol. The van der Waals surface area contributed by atoms with Gasteiger partial charge in [0.2, 0.25) is 11.8 Å². The van der Waals surface area contributed by atoms with Crippen LogP contribution in [-0.4, -0.2) is 83.3 Å². The van der Waals surface area contributed by atoms with Crippen molar-refractivity contribution in [1.82, 2.24) is 21.3 Å². The van der Waals surface area contributed by atoms with Crippen LogP contribution in [-0.2, 0) is 39.9 Å². The summed E-state index contributed by atoms with van der Waals surface area (Å²) in [4.78, 5) is 77.0. The van der Waals surface area contributed by atoms with Crippen LogP contribution in [0, 0.1) is 11.8 Å². The van der Waals surface area contributed by atoms with Gasteiger partial charge in [0.05, 0.1) is 0 Å². The number of carbonyl (C=O) groups excluding carboxylic acids is 5. The molecule has 1 unspecified atom stereocenters. The van der Waals surface area contributed by atoms with Gasteiger partial charge in [-0.05, 0) is 122 Å². The third kappa shape index (κ3) is 16.3. The van der Waals surface area contributed by atoms with Gasteiger partial charge in [0, 0.05) is 25.3 Å². The summed E-state index contributed by atoms with van der Waals surface area (Å²) in [5.74, 6) is -2.88. The number of amides is 4. The van der Waals surface area contributed by atoms with Crippen molar-refractivity contribution in [2.24, 2.45) is 17.6 Å². The first-order chi connectivity index (χ1) is 25.8. The van der Waals surface area contributed by atoms with Gasteiger partial charge in [-0.3, -0.25) is 14.4 Å². The number of hydrogen-bond acceptors (Lipinski definition) is 9. The molecule has 0 aromatic heterocycles. The monoisotopic (exact) mass is 767 g/mol. The van der Waals surface area contributed by atoms with E-state index in [9.17, 15) is 33.9 Å². The maximum atomic E-state index is 13.5. The lowest BCUT2D eigenvalue weighted by molar-refractivity contribution is -0.158. The van der Waals surface area contributed by atoms with Crippen LogP contribution < -0.4 is 27.0 Å². The summed E-state index contributed by atoms with van der Waals surface area (Å²) in [5, 5.41) is 22.7. The van der Waals surface area contributed by atoms with Crippen molar-refractivity contribution >= 4 is 46.5 Å². The Morgan fingerprint density at radius 1 is 0.782 bits per heavy atom. The molecule has 1 aliphatic rings. The molecule has 1 aliphatic carbocycles. The van der Waals surface area contributed by atoms with Crippen LogP contribution in [0.3, 0.4) is 0 Å². The van der Waals surface area contributed by atoms with Crippen molar-refractivity contribution in [1.29, 1.82) is 0 Å². The maximum absolute atomic E-state index is 13.5. The normalized spacial score (nSPS) is 17.6. The molecule has 2 aromatic carbocycles. The third-order valence-electron chi connectivity index (χ3n) is 9.31. The molecule has 0 spiro atoms. The molecule has 3 rings (SSSR count). The van der Waals surface area contributed by atoms with E-state index in [1.165, 1.54) is 0 Å². The first kappa shape index (κ1) is 44.7. The molecule has 1 fully saturated rings. The number of nitrogens with one attached hydrogen (secondary N) is 4. The van der Waals surface area contributed by atoms with Crippen molar-refractivity contribution in [3.63, 3.8) is 0 Å². The van der Waals surface area contributed by atoms with Gasteiger partial charge >= 0.3 is 23.9 Å². The Morgan fingerprint density at radius 3 is 2.04 bits per heavy atom. The Bertz CT molecular complexity index is 1630. The molecule has 3 atom stereocenters. The molecule has 0 bridgehead atoms.